The fraction of sp³-hybridized carbons (Fsp3) is 1.00. The highest BCUT2D eigenvalue weighted by Crippen LogP contribution is 2.28. The fourth-order valence-corrected chi connectivity index (χ4v) is 1.46. The molecule has 1 heterocycles. The Balaban J connectivity index is 2.65. The lowest BCUT2D eigenvalue weighted by Gasteiger charge is -2.41. The van der Waals surface area contributed by atoms with Gasteiger partial charge in [0.1, 0.15) is 6.10 Å². The highest BCUT2D eigenvalue weighted by atomic mass is 16.7. The molecule has 0 aromatic rings. The zero-order chi connectivity index (χ0) is 9.35. The van der Waals surface area contributed by atoms with Gasteiger partial charge in [-0.15, -0.1) is 0 Å². The maximum atomic E-state index is 9.70. The molecule has 1 aliphatic rings. The minimum Gasteiger partial charge on any atom is -0.387 e. The first-order chi connectivity index (χ1) is 5.47. The Hall–Kier alpha value is -0.160. The van der Waals surface area contributed by atoms with Gasteiger partial charge in [0.25, 0.3) is 0 Å². The monoisotopic (exact) mass is 176 g/mol. The molecule has 0 amide bonds. The van der Waals surface area contributed by atoms with E-state index in [1.54, 1.807) is 13.8 Å². The molecular formula is C8H16O4. The highest BCUT2D eigenvalue weighted by Gasteiger charge is 2.43. The summed E-state index contributed by atoms with van der Waals surface area (Å²) in [4.78, 5) is 0. The first kappa shape index (κ1) is 9.92. The van der Waals surface area contributed by atoms with Gasteiger partial charge in [-0.1, -0.05) is 0 Å². The van der Waals surface area contributed by atoms with Crippen molar-refractivity contribution in [1.82, 2.24) is 0 Å². The zero-order valence-corrected chi connectivity index (χ0v) is 7.65. The fourth-order valence-electron chi connectivity index (χ4n) is 1.46. The number of aliphatic hydroxyl groups is 2. The largest absolute Gasteiger partial charge is 0.387 e. The van der Waals surface area contributed by atoms with Crippen molar-refractivity contribution < 1.29 is 19.7 Å². The first-order valence-corrected chi connectivity index (χ1v) is 4.06. The molecule has 1 saturated heterocycles. The number of hydrogen-bond donors (Lipinski definition) is 2. The van der Waals surface area contributed by atoms with Gasteiger partial charge < -0.3 is 19.7 Å². The van der Waals surface area contributed by atoms with Crippen LogP contribution >= 0.6 is 0 Å². The van der Waals surface area contributed by atoms with Crippen molar-refractivity contribution >= 4 is 0 Å². The van der Waals surface area contributed by atoms with Crippen LogP contribution in [-0.4, -0.2) is 41.4 Å². The molecule has 4 atom stereocenters. The summed E-state index contributed by atoms with van der Waals surface area (Å²) in [5.74, 6) is 0. The van der Waals surface area contributed by atoms with Crippen LogP contribution in [0.4, 0.5) is 0 Å². The van der Waals surface area contributed by atoms with Gasteiger partial charge in [0.05, 0.1) is 11.7 Å². The molecule has 0 spiro atoms. The summed E-state index contributed by atoms with van der Waals surface area (Å²) in [7, 11) is 1.52. The SMILES string of the molecule is CO[C@@H]1CC(C)(O)[C@H](O)[C@H](C)O1. The van der Waals surface area contributed by atoms with Crippen LogP contribution in [0.1, 0.15) is 20.3 Å². The summed E-state index contributed by atoms with van der Waals surface area (Å²) in [6, 6.07) is 0. The Kier molecular flexibility index (Phi) is 2.73. The van der Waals surface area contributed by atoms with Gasteiger partial charge >= 0.3 is 0 Å². The number of ether oxygens (including phenoxy) is 2. The van der Waals surface area contributed by atoms with E-state index in [1.165, 1.54) is 7.11 Å². The van der Waals surface area contributed by atoms with E-state index in [2.05, 4.69) is 0 Å². The van der Waals surface area contributed by atoms with Crippen LogP contribution in [0, 0.1) is 0 Å². The van der Waals surface area contributed by atoms with Crippen molar-refractivity contribution in [3.8, 4) is 0 Å². The topological polar surface area (TPSA) is 58.9 Å². The normalized spacial score (nSPS) is 49.2. The van der Waals surface area contributed by atoms with Crippen molar-refractivity contribution in [2.75, 3.05) is 7.11 Å². The Morgan fingerprint density at radius 3 is 2.58 bits per heavy atom. The van der Waals surface area contributed by atoms with Gasteiger partial charge in [0.2, 0.25) is 0 Å². The predicted molar refractivity (Wildman–Crippen MR) is 42.6 cm³/mol. The average molecular weight is 176 g/mol. The molecule has 0 aromatic heterocycles. The standard InChI is InChI=1S/C8H16O4/c1-5-7(9)8(2,10)4-6(11-3)12-5/h5-7,9-10H,4H2,1-3H3/t5-,6-,7+,8?/m0/s1. The average Bonchev–Trinajstić information content (AvgIpc) is 1.99. The van der Waals surface area contributed by atoms with Crippen molar-refractivity contribution in [1.29, 1.82) is 0 Å². The summed E-state index contributed by atoms with van der Waals surface area (Å²) in [6.45, 7) is 3.30. The van der Waals surface area contributed by atoms with Gasteiger partial charge in [-0.2, -0.15) is 0 Å². The second-order valence-electron chi connectivity index (χ2n) is 3.51. The van der Waals surface area contributed by atoms with Crippen LogP contribution in [0.3, 0.4) is 0 Å². The van der Waals surface area contributed by atoms with Crippen LogP contribution in [0.2, 0.25) is 0 Å². The Labute approximate surface area is 72.1 Å². The molecule has 2 N–H and O–H groups in total. The molecule has 0 bridgehead atoms. The van der Waals surface area contributed by atoms with Gasteiger partial charge in [-0.3, -0.25) is 0 Å². The minimum absolute atomic E-state index is 0.301. The summed E-state index contributed by atoms with van der Waals surface area (Å²) < 4.78 is 10.2. The first-order valence-electron chi connectivity index (χ1n) is 4.06. The molecule has 1 fully saturated rings. The smallest absolute Gasteiger partial charge is 0.160 e. The highest BCUT2D eigenvalue weighted by molar-refractivity contribution is 4.90. The number of rotatable bonds is 1. The van der Waals surface area contributed by atoms with E-state index >= 15 is 0 Å². The summed E-state index contributed by atoms with van der Waals surface area (Å²) in [6.07, 6.45) is -1.35. The van der Waals surface area contributed by atoms with E-state index in [0.29, 0.717) is 6.42 Å². The molecule has 1 rings (SSSR count). The van der Waals surface area contributed by atoms with Crippen LogP contribution < -0.4 is 0 Å². The minimum atomic E-state index is -1.11. The van der Waals surface area contributed by atoms with E-state index in [1.807, 2.05) is 0 Å². The van der Waals surface area contributed by atoms with E-state index in [4.69, 9.17) is 9.47 Å². The molecule has 12 heavy (non-hydrogen) atoms. The third kappa shape index (κ3) is 1.77. The Bertz CT molecular complexity index is 157. The van der Waals surface area contributed by atoms with Crippen LogP contribution in [0.25, 0.3) is 0 Å². The van der Waals surface area contributed by atoms with Gasteiger partial charge in [-0.05, 0) is 13.8 Å². The van der Waals surface area contributed by atoms with Crippen molar-refractivity contribution in [3.63, 3.8) is 0 Å². The molecule has 1 unspecified atom stereocenters. The van der Waals surface area contributed by atoms with Crippen molar-refractivity contribution in [2.24, 2.45) is 0 Å². The second kappa shape index (κ2) is 3.30. The van der Waals surface area contributed by atoms with Crippen LogP contribution in [-0.2, 0) is 9.47 Å². The summed E-state index contributed by atoms with van der Waals surface area (Å²) in [5.41, 5.74) is -1.11. The maximum absolute atomic E-state index is 9.70. The molecule has 4 heteroatoms. The molecule has 0 saturated carbocycles. The molecule has 0 radical (unpaired) electrons. The van der Waals surface area contributed by atoms with E-state index in [0.717, 1.165) is 0 Å². The Morgan fingerprint density at radius 1 is 1.58 bits per heavy atom. The van der Waals surface area contributed by atoms with Gasteiger partial charge in [0.15, 0.2) is 6.29 Å². The Morgan fingerprint density at radius 2 is 2.17 bits per heavy atom. The third-order valence-corrected chi connectivity index (χ3v) is 2.29. The van der Waals surface area contributed by atoms with E-state index < -0.39 is 24.1 Å². The predicted octanol–water partition coefficient (Wildman–Crippen LogP) is -0.120. The van der Waals surface area contributed by atoms with Crippen LogP contribution in [0.5, 0.6) is 0 Å². The summed E-state index contributed by atoms with van der Waals surface area (Å²) >= 11 is 0. The van der Waals surface area contributed by atoms with Gasteiger partial charge in [0, 0.05) is 13.5 Å². The number of hydrogen-bond acceptors (Lipinski definition) is 4. The number of methoxy groups -OCH3 is 1. The quantitative estimate of drug-likeness (QED) is 0.584. The zero-order valence-electron chi connectivity index (χ0n) is 7.65. The van der Waals surface area contributed by atoms with Crippen LogP contribution in [0.15, 0.2) is 0 Å². The third-order valence-electron chi connectivity index (χ3n) is 2.29. The van der Waals surface area contributed by atoms with Crippen molar-refractivity contribution in [3.05, 3.63) is 0 Å². The molecule has 4 nitrogen and oxygen atoms in total. The van der Waals surface area contributed by atoms with E-state index in [-0.39, 0.29) is 0 Å². The van der Waals surface area contributed by atoms with E-state index in [9.17, 15) is 10.2 Å². The molecular weight excluding hydrogens is 160 g/mol. The lowest BCUT2D eigenvalue weighted by atomic mass is 9.89. The molecule has 0 aromatic carbocycles. The molecule has 1 aliphatic heterocycles. The lowest BCUT2D eigenvalue weighted by molar-refractivity contribution is -0.264. The second-order valence-corrected chi connectivity index (χ2v) is 3.51. The summed E-state index contributed by atoms with van der Waals surface area (Å²) in [5, 5.41) is 19.2. The maximum Gasteiger partial charge on any atom is 0.160 e. The van der Waals surface area contributed by atoms with Crippen molar-refractivity contribution in [2.45, 2.75) is 44.4 Å². The van der Waals surface area contributed by atoms with Gasteiger partial charge in [-0.25, -0.2) is 0 Å². The molecule has 72 valence electrons. The molecule has 0 aliphatic carbocycles. The number of aliphatic hydroxyl groups excluding tert-OH is 1. The lowest BCUT2D eigenvalue weighted by Crippen LogP contribution is -2.54.